The monoisotopic (exact) mass is 843 g/mol. The van der Waals surface area contributed by atoms with Crippen molar-refractivity contribution in [3.05, 3.63) is 0 Å². The van der Waals surface area contributed by atoms with Crippen molar-refractivity contribution in [2.75, 3.05) is 24.6 Å². The second-order valence-electron chi connectivity index (χ2n) is 15.1. The Hall–Kier alpha value is -4.31. The minimum atomic E-state index is -1.29. The van der Waals surface area contributed by atoms with Crippen LogP contribution in [0.3, 0.4) is 0 Å². The number of carbonyl (C=O) groups is 8. The van der Waals surface area contributed by atoms with E-state index < -0.39 is 95.7 Å². The summed E-state index contributed by atoms with van der Waals surface area (Å²) in [7, 11) is 2.36. The number of fused-ring (bicyclic) bond motifs is 1. The molecule has 2 heterocycles. The quantitative estimate of drug-likeness (QED) is 0.0365. The first-order valence-corrected chi connectivity index (χ1v) is 21.6. The molecule has 57 heavy (non-hydrogen) atoms. The van der Waals surface area contributed by atoms with E-state index in [4.69, 9.17) is 17.2 Å². The lowest BCUT2D eigenvalue weighted by atomic mass is 10.0. The standard InChI is InChI=1S/C35H61N11O9S2/c1-17(2)13-23(29(49)40-19(5)27(47)42-22(34(54)55)9-7-11-39-35(37)38)44-31(51)25-16-57-56-15-21(36)33(53)46-12-8-10-26(46)32(52)41-20(6)28(48)43-24(14-18(3)4)30(50)45-25/h17-26H,7-16,36H2,1-6H3,(H,40,49)(H,41,52)(H,42,47)(H,43,48)(H,44,51)(H,45,50)(H,54,55)(H4,37,38,39)/t19-,20-,21+,22-,23-,24-,25-,26-/m0/s1. The van der Waals surface area contributed by atoms with Crippen molar-refractivity contribution in [3.63, 3.8) is 0 Å². The highest BCUT2D eigenvalue weighted by molar-refractivity contribution is 8.76. The van der Waals surface area contributed by atoms with Crippen LogP contribution in [-0.4, -0.2) is 136 Å². The van der Waals surface area contributed by atoms with Gasteiger partial charge < -0.3 is 59.1 Å². The van der Waals surface area contributed by atoms with Gasteiger partial charge in [0, 0.05) is 24.6 Å². The lowest BCUT2D eigenvalue weighted by molar-refractivity contribution is -0.142. The van der Waals surface area contributed by atoms with Gasteiger partial charge in [0.2, 0.25) is 41.4 Å². The Balaban J connectivity index is 2.29. The maximum Gasteiger partial charge on any atom is 0.326 e. The van der Waals surface area contributed by atoms with Gasteiger partial charge in [0.25, 0.3) is 0 Å². The Kier molecular flexibility index (Phi) is 20.4. The van der Waals surface area contributed by atoms with E-state index >= 15 is 0 Å². The molecule has 0 aromatic heterocycles. The molecular weight excluding hydrogens is 783 g/mol. The van der Waals surface area contributed by atoms with Crippen molar-refractivity contribution in [1.82, 2.24) is 36.8 Å². The Morgan fingerprint density at radius 2 is 1.54 bits per heavy atom. The van der Waals surface area contributed by atoms with Crippen LogP contribution in [-0.2, 0) is 38.4 Å². The van der Waals surface area contributed by atoms with E-state index in [2.05, 4.69) is 36.9 Å². The molecule has 7 amide bonds. The lowest BCUT2D eigenvalue weighted by Crippen LogP contribution is -2.60. The first-order valence-electron chi connectivity index (χ1n) is 19.1. The molecule has 322 valence electrons. The number of amides is 7. The summed E-state index contributed by atoms with van der Waals surface area (Å²) in [5.41, 5.74) is 16.8. The average Bonchev–Trinajstić information content (AvgIpc) is 3.62. The smallest absolute Gasteiger partial charge is 0.326 e. The third-order valence-electron chi connectivity index (χ3n) is 9.10. The van der Waals surface area contributed by atoms with Gasteiger partial charge in [-0.05, 0) is 64.2 Å². The van der Waals surface area contributed by atoms with Gasteiger partial charge in [0.05, 0.1) is 6.04 Å². The van der Waals surface area contributed by atoms with E-state index in [-0.39, 0.29) is 61.5 Å². The van der Waals surface area contributed by atoms with Crippen LogP contribution >= 0.6 is 21.6 Å². The Morgan fingerprint density at radius 3 is 2.16 bits per heavy atom. The highest BCUT2D eigenvalue weighted by atomic mass is 33.1. The van der Waals surface area contributed by atoms with Crippen LogP contribution in [0.1, 0.15) is 80.1 Å². The van der Waals surface area contributed by atoms with Crippen LogP contribution in [0.15, 0.2) is 4.99 Å². The Bertz CT molecular complexity index is 1480. The third kappa shape index (κ3) is 16.6. The molecule has 2 fully saturated rings. The van der Waals surface area contributed by atoms with E-state index in [1.165, 1.54) is 29.5 Å². The molecule has 2 rings (SSSR count). The summed E-state index contributed by atoms with van der Waals surface area (Å²) in [5, 5.41) is 25.3. The number of nitrogens with one attached hydrogen (secondary N) is 6. The zero-order valence-electron chi connectivity index (χ0n) is 33.5. The van der Waals surface area contributed by atoms with E-state index in [9.17, 15) is 43.5 Å². The summed E-state index contributed by atoms with van der Waals surface area (Å²) in [4.78, 5) is 111. The number of aliphatic carboxylic acids is 1. The van der Waals surface area contributed by atoms with Gasteiger partial charge in [-0.1, -0.05) is 49.3 Å². The van der Waals surface area contributed by atoms with Crippen LogP contribution in [0.2, 0.25) is 0 Å². The van der Waals surface area contributed by atoms with Gasteiger partial charge in [-0.15, -0.1) is 0 Å². The largest absolute Gasteiger partial charge is 0.480 e. The number of carboxylic acids is 1. The number of hydrogen-bond acceptors (Lipinski definition) is 12. The summed E-state index contributed by atoms with van der Waals surface area (Å²) in [6, 6.07) is -8.79. The van der Waals surface area contributed by atoms with Gasteiger partial charge in [-0.2, -0.15) is 0 Å². The van der Waals surface area contributed by atoms with E-state index in [0.29, 0.717) is 19.4 Å². The first-order chi connectivity index (χ1) is 26.7. The highest BCUT2D eigenvalue weighted by Crippen LogP contribution is 2.25. The van der Waals surface area contributed by atoms with Gasteiger partial charge in [-0.3, -0.25) is 38.6 Å². The topological polar surface area (TPSA) is 323 Å². The minimum Gasteiger partial charge on any atom is -0.480 e. The van der Waals surface area contributed by atoms with Gasteiger partial charge >= 0.3 is 5.97 Å². The number of carbonyl (C=O) groups excluding carboxylic acids is 7. The van der Waals surface area contributed by atoms with Gasteiger partial charge in [-0.25, -0.2) is 4.79 Å². The maximum absolute atomic E-state index is 13.9. The SMILES string of the molecule is CC(C)C[C@@H]1NC(=O)[C@H](C)NC(=O)[C@@H]2CCCN2C(=O)[C@H](N)CSSC[C@@H](C(=O)N[C@@H](CC(C)C)C(=O)N[C@@H](C)C(=O)N[C@@H](CCCN=C(N)N)C(=O)O)NC1=O. The highest BCUT2D eigenvalue weighted by Gasteiger charge is 2.38. The molecule has 2 saturated heterocycles. The molecule has 0 saturated carbocycles. The number of hydrogen-bond donors (Lipinski definition) is 10. The van der Waals surface area contributed by atoms with Gasteiger partial charge in [0.1, 0.15) is 42.3 Å². The van der Waals surface area contributed by atoms with Gasteiger partial charge in [0.15, 0.2) is 5.96 Å². The molecule has 0 radical (unpaired) electrons. The minimum absolute atomic E-state index is 0.0202. The molecule has 0 unspecified atom stereocenters. The van der Waals surface area contributed by atoms with Crippen molar-refractivity contribution in [2.24, 2.45) is 34.0 Å². The summed E-state index contributed by atoms with van der Waals surface area (Å²) >= 11 is 0. The molecule has 0 aromatic rings. The summed E-state index contributed by atoms with van der Waals surface area (Å²) in [6.45, 7) is 10.7. The van der Waals surface area contributed by atoms with Crippen LogP contribution in [0.4, 0.5) is 0 Å². The fourth-order valence-electron chi connectivity index (χ4n) is 6.07. The normalized spacial score (nSPS) is 24.2. The third-order valence-corrected chi connectivity index (χ3v) is 11.5. The molecule has 0 aromatic carbocycles. The Morgan fingerprint density at radius 1 is 0.877 bits per heavy atom. The fraction of sp³-hybridized carbons (Fsp3) is 0.743. The number of guanidine groups is 1. The molecule has 20 nitrogen and oxygen atoms in total. The molecule has 0 spiro atoms. The van der Waals surface area contributed by atoms with E-state index in [1.807, 2.05) is 27.7 Å². The molecule has 2 aliphatic heterocycles. The number of rotatable bonds is 15. The molecule has 0 aliphatic carbocycles. The Labute approximate surface area is 341 Å². The van der Waals surface area contributed by atoms with Crippen molar-refractivity contribution in [3.8, 4) is 0 Å². The number of nitrogens with zero attached hydrogens (tertiary/aromatic N) is 2. The average molecular weight is 844 g/mol. The summed E-state index contributed by atoms with van der Waals surface area (Å²) in [6.07, 6.45) is 1.62. The van der Waals surface area contributed by atoms with E-state index in [1.54, 1.807) is 0 Å². The first kappa shape index (κ1) is 48.8. The number of nitrogens with two attached hydrogens (primary N) is 3. The molecule has 13 N–H and O–H groups in total. The fourth-order valence-corrected chi connectivity index (χ4v) is 8.35. The molecule has 8 atom stereocenters. The molecular formula is C35H61N11O9S2. The summed E-state index contributed by atoms with van der Waals surface area (Å²) in [5.74, 6) is -5.97. The zero-order chi connectivity index (χ0) is 43.0. The van der Waals surface area contributed by atoms with Crippen molar-refractivity contribution in [1.29, 1.82) is 0 Å². The zero-order valence-corrected chi connectivity index (χ0v) is 35.1. The lowest BCUT2D eigenvalue weighted by Gasteiger charge is -2.28. The maximum atomic E-state index is 13.9. The van der Waals surface area contributed by atoms with Crippen molar-refractivity contribution < 1.29 is 43.5 Å². The number of aliphatic imine (C=N–C) groups is 1. The van der Waals surface area contributed by atoms with Crippen LogP contribution in [0.5, 0.6) is 0 Å². The van der Waals surface area contributed by atoms with Crippen LogP contribution in [0.25, 0.3) is 0 Å². The predicted octanol–water partition coefficient (Wildman–Crippen LogP) is -2.12. The molecule has 2 aliphatic rings. The molecule has 22 heteroatoms. The number of carboxylic acid groups (broad SMARTS) is 1. The second kappa shape index (κ2) is 23.8. The predicted molar refractivity (Wildman–Crippen MR) is 217 cm³/mol. The van der Waals surface area contributed by atoms with E-state index in [0.717, 1.165) is 10.8 Å². The molecule has 0 bridgehead atoms. The van der Waals surface area contributed by atoms with Crippen molar-refractivity contribution in [2.45, 2.75) is 128 Å². The van der Waals surface area contributed by atoms with Crippen LogP contribution in [0, 0.1) is 11.8 Å². The van der Waals surface area contributed by atoms with Crippen molar-refractivity contribution >= 4 is 74.9 Å². The van der Waals surface area contributed by atoms with Crippen LogP contribution < -0.4 is 49.1 Å². The summed E-state index contributed by atoms with van der Waals surface area (Å²) < 4.78 is 0. The second-order valence-corrected chi connectivity index (χ2v) is 17.7.